The molecule has 0 bridgehead atoms. The van der Waals surface area contributed by atoms with Gasteiger partial charge in [0.1, 0.15) is 11.5 Å². The number of rotatable bonds is 9. The lowest BCUT2D eigenvalue weighted by Crippen LogP contribution is -2.06. The quantitative estimate of drug-likeness (QED) is 0.336. The molecule has 0 aliphatic carbocycles. The second-order valence-electron chi connectivity index (χ2n) is 5.47. The molecule has 0 aromatic heterocycles. The smallest absolute Gasteiger partial charge is 0.416 e. The van der Waals surface area contributed by atoms with Gasteiger partial charge < -0.3 is 9.05 Å². The molecule has 0 N–H and O–H groups in total. The number of unbranched alkanes of at least 4 members (excludes halogenated alkanes) is 3. The van der Waals surface area contributed by atoms with E-state index in [9.17, 15) is 4.57 Å². The molecule has 0 saturated heterocycles. The number of benzene rings is 2. The van der Waals surface area contributed by atoms with E-state index in [0.29, 0.717) is 27.7 Å². The summed E-state index contributed by atoms with van der Waals surface area (Å²) in [4.78, 5) is 0. The summed E-state index contributed by atoms with van der Waals surface area (Å²) in [6, 6.07) is 13.8. The summed E-state index contributed by atoms with van der Waals surface area (Å²) in [6.45, 7) is 2.13. The Hall–Kier alpha value is -1.15. The van der Waals surface area contributed by atoms with E-state index < -0.39 is 7.60 Å². The molecule has 0 radical (unpaired) electrons. The first-order valence-corrected chi connectivity index (χ1v) is 10.5. The zero-order chi connectivity index (χ0) is 17.4. The van der Waals surface area contributed by atoms with Gasteiger partial charge in [-0.2, -0.15) is 0 Å². The molecule has 0 amide bonds. The lowest BCUT2D eigenvalue weighted by atomic mass is 10.2. The molecule has 0 saturated carbocycles. The molecular weight excluding hydrogens is 366 g/mol. The minimum absolute atomic E-state index is 0.324. The van der Waals surface area contributed by atoms with E-state index >= 15 is 0 Å². The zero-order valence-electron chi connectivity index (χ0n) is 13.6. The van der Waals surface area contributed by atoms with Crippen molar-refractivity contribution in [3.63, 3.8) is 0 Å². The molecule has 2 aromatic carbocycles. The summed E-state index contributed by atoms with van der Waals surface area (Å²) in [5.41, 5.74) is 0. The highest BCUT2D eigenvalue weighted by molar-refractivity contribution is 7.54. The Labute approximate surface area is 153 Å². The van der Waals surface area contributed by atoms with Crippen LogP contribution < -0.4 is 9.05 Å². The van der Waals surface area contributed by atoms with Crippen LogP contribution in [0.15, 0.2) is 48.5 Å². The van der Waals surface area contributed by atoms with Gasteiger partial charge in [0.05, 0.1) is 11.2 Å². The third kappa shape index (κ3) is 6.05. The lowest BCUT2D eigenvalue weighted by molar-refractivity contribution is 0.383. The highest BCUT2D eigenvalue weighted by Gasteiger charge is 2.28. The Kier molecular flexibility index (Phi) is 7.48. The molecule has 0 fully saturated rings. The topological polar surface area (TPSA) is 35.5 Å². The Bertz CT molecular complexity index is 706. The lowest BCUT2D eigenvalue weighted by Gasteiger charge is -2.20. The Morgan fingerprint density at radius 2 is 1.75 bits per heavy atom. The average Bonchev–Trinajstić information content (AvgIpc) is 2.54. The largest absolute Gasteiger partial charge is 0.430 e. The molecule has 130 valence electrons. The van der Waals surface area contributed by atoms with E-state index in [1.165, 1.54) is 0 Å². The van der Waals surface area contributed by atoms with Crippen molar-refractivity contribution < 1.29 is 13.6 Å². The molecule has 1 atom stereocenters. The van der Waals surface area contributed by atoms with E-state index in [0.717, 1.165) is 25.7 Å². The van der Waals surface area contributed by atoms with Gasteiger partial charge in [-0.3, -0.25) is 0 Å². The predicted molar refractivity (Wildman–Crippen MR) is 101 cm³/mol. The Morgan fingerprint density at radius 3 is 2.46 bits per heavy atom. The van der Waals surface area contributed by atoms with Gasteiger partial charge in [0.2, 0.25) is 0 Å². The van der Waals surface area contributed by atoms with Crippen molar-refractivity contribution in [1.82, 2.24) is 0 Å². The molecule has 2 rings (SSSR count). The highest BCUT2D eigenvalue weighted by atomic mass is 35.5. The van der Waals surface area contributed by atoms with Crippen LogP contribution in [-0.4, -0.2) is 6.16 Å². The molecule has 1 unspecified atom stereocenters. The Morgan fingerprint density at radius 1 is 0.958 bits per heavy atom. The van der Waals surface area contributed by atoms with Gasteiger partial charge in [-0.15, -0.1) is 0 Å². The molecule has 3 nitrogen and oxygen atoms in total. The van der Waals surface area contributed by atoms with Gasteiger partial charge in [-0.25, -0.2) is 4.57 Å². The fourth-order valence-electron chi connectivity index (χ4n) is 2.20. The number of hydrogen-bond donors (Lipinski definition) is 0. The maximum atomic E-state index is 13.2. The first kappa shape index (κ1) is 19.2. The third-order valence-corrected chi connectivity index (χ3v) is 5.78. The van der Waals surface area contributed by atoms with Gasteiger partial charge >= 0.3 is 7.60 Å². The standard InChI is InChI=1S/C18H21Cl2O3P/c1-2-3-4-7-13-24(21,22-16-10-8-9-15(19)14-16)23-18-12-6-5-11-17(18)20/h5-6,8-12,14H,2-4,7,13H2,1H3. The van der Waals surface area contributed by atoms with E-state index in [2.05, 4.69) is 6.92 Å². The SMILES string of the molecule is CCCCCCP(=O)(Oc1cccc(Cl)c1)Oc1ccccc1Cl. The van der Waals surface area contributed by atoms with E-state index in [4.69, 9.17) is 32.2 Å². The molecule has 0 aliphatic rings. The van der Waals surface area contributed by atoms with Crippen LogP contribution in [0.3, 0.4) is 0 Å². The van der Waals surface area contributed by atoms with E-state index in [1.807, 2.05) is 0 Å². The third-order valence-electron chi connectivity index (χ3n) is 3.40. The minimum atomic E-state index is -3.39. The van der Waals surface area contributed by atoms with Gasteiger partial charge in [-0.1, -0.05) is 67.6 Å². The van der Waals surface area contributed by atoms with Crippen LogP contribution in [0.1, 0.15) is 32.6 Å². The fourth-order valence-corrected chi connectivity index (χ4v) is 4.33. The molecule has 0 aliphatic heterocycles. The van der Waals surface area contributed by atoms with Crippen molar-refractivity contribution >= 4 is 30.8 Å². The van der Waals surface area contributed by atoms with Crippen molar-refractivity contribution in [2.75, 3.05) is 6.16 Å². The van der Waals surface area contributed by atoms with Crippen molar-refractivity contribution in [3.8, 4) is 11.5 Å². The monoisotopic (exact) mass is 386 g/mol. The predicted octanol–water partition coefficient (Wildman–Crippen LogP) is 7.22. The summed E-state index contributed by atoms with van der Waals surface area (Å²) in [5, 5.41) is 0.920. The molecule has 2 aromatic rings. The summed E-state index contributed by atoms with van der Waals surface area (Å²) < 4.78 is 24.7. The summed E-state index contributed by atoms with van der Waals surface area (Å²) in [5.74, 6) is 0.786. The summed E-state index contributed by atoms with van der Waals surface area (Å²) in [6.07, 6.45) is 4.25. The summed E-state index contributed by atoms with van der Waals surface area (Å²) in [7, 11) is -3.39. The van der Waals surface area contributed by atoms with Crippen LogP contribution in [-0.2, 0) is 4.57 Å². The maximum absolute atomic E-state index is 13.2. The summed E-state index contributed by atoms with van der Waals surface area (Å²) >= 11 is 12.1. The van der Waals surface area contributed by atoms with E-state index in [-0.39, 0.29) is 0 Å². The van der Waals surface area contributed by atoms with Gasteiger partial charge in [0.15, 0.2) is 0 Å². The number of para-hydroxylation sites is 1. The molecule has 0 spiro atoms. The zero-order valence-corrected chi connectivity index (χ0v) is 16.0. The van der Waals surface area contributed by atoms with Crippen molar-refractivity contribution in [1.29, 1.82) is 0 Å². The highest BCUT2D eigenvalue weighted by Crippen LogP contribution is 2.50. The van der Waals surface area contributed by atoms with Crippen molar-refractivity contribution in [3.05, 3.63) is 58.6 Å². The molecule has 0 heterocycles. The molecule has 24 heavy (non-hydrogen) atoms. The normalized spacial score (nSPS) is 13.3. The molecule has 6 heteroatoms. The minimum Gasteiger partial charge on any atom is -0.416 e. The fraction of sp³-hybridized carbons (Fsp3) is 0.333. The van der Waals surface area contributed by atoms with Crippen molar-refractivity contribution in [2.45, 2.75) is 32.6 Å². The second kappa shape index (κ2) is 9.36. The van der Waals surface area contributed by atoms with Gasteiger partial charge in [0.25, 0.3) is 0 Å². The first-order chi connectivity index (χ1) is 11.5. The maximum Gasteiger partial charge on any atom is 0.430 e. The van der Waals surface area contributed by atoms with Crippen LogP contribution in [0, 0.1) is 0 Å². The second-order valence-corrected chi connectivity index (χ2v) is 8.34. The average molecular weight is 387 g/mol. The van der Waals surface area contributed by atoms with E-state index in [1.54, 1.807) is 48.5 Å². The number of hydrogen-bond acceptors (Lipinski definition) is 3. The van der Waals surface area contributed by atoms with Crippen LogP contribution in [0.5, 0.6) is 11.5 Å². The van der Waals surface area contributed by atoms with Crippen LogP contribution in [0.4, 0.5) is 0 Å². The van der Waals surface area contributed by atoms with Crippen LogP contribution in [0.25, 0.3) is 0 Å². The Balaban J connectivity index is 2.17. The van der Waals surface area contributed by atoms with Crippen molar-refractivity contribution in [2.24, 2.45) is 0 Å². The van der Waals surface area contributed by atoms with Gasteiger partial charge in [0, 0.05) is 5.02 Å². The first-order valence-electron chi connectivity index (χ1n) is 8.01. The van der Waals surface area contributed by atoms with Crippen LogP contribution >= 0.6 is 30.8 Å². The number of halogens is 2. The van der Waals surface area contributed by atoms with Crippen LogP contribution in [0.2, 0.25) is 10.0 Å². The molecular formula is C18H21Cl2O3P. The van der Waals surface area contributed by atoms with Gasteiger partial charge in [-0.05, 0) is 36.8 Å².